The molecule has 0 aromatic heterocycles. The number of hydrogen-bond donors (Lipinski definition) is 0. The molecule has 0 fully saturated rings. The largest absolute Gasteiger partial charge is 0.0616 e. The lowest BCUT2D eigenvalue weighted by molar-refractivity contribution is 1.67. The number of benzene rings is 6. The molecule has 0 unspecified atom stereocenters. The monoisotopic (exact) mass is 378 g/mol. The van der Waals surface area contributed by atoms with Crippen molar-refractivity contribution in [3.8, 4) is 33.4 Å². The van der Waals surface area contributed by atoms with Crippen molar-refractivity contribution in [3.05, 3.63) is 109 Å². The van der Waals surface area contributed by atoms with Crippen LogP contribution in [0.15, 0.2) is 109 Å². The topological polar surface area (TPSA) is 0 Å². The van der Waals surface area contributed by atoms with Crippen LogP contribution in [-0.2, 0) is 0 Å². The SMILES string of the molecule is c1ccc2c(-c3ccc4ccc5c(c4c3)-c3cccc4cccc-5c34)cccc2c1. The summed E-state index contributed by atoms with van der Waals surface area (Å²) in [6.07, 6.45) is 0. The first-order valence-corrected chi connectivity index (χ1v) is 10.5. The van der Waals surface area contributed by atoms with Crippen LogP contribution in [-0.4, -0.2) is 0 Å². The predicted octanol–water partition coefficient (Wildman–Crippen LogP) is 8.46. The van der Waals surface area contributed by atoms with Gasteiger partial charge < -0.3 is 0 Å². The third kappa shape index (κ3) is 2.06. The molecule has 0 amide bonds. The predicted molar refractivity (Wildman–Crippen MR) is 129 cm³/mol. The summed E-state index contributed by atoms with van der Waals surface area (Å²) in [5.74, 6) is 0. The van der Waals surface area contributed by atoms with Crippen LogP contribution in [0.5, 0.6) is 0 Å². The highest BCUT2D eigenvalue weighted by molar-refractivity contribution is 6.21. The Bertz CT molecular complexity index is 1630. The molecule has 7 rings (SSSR count). The van der Waals surface area contributed by atoms with Gasteiger partial charge in [0.15, 0.2) is 0 Å². The quantitative estimate of drug-likeness (QED) is 0.269. The molecule has 0 heteroatoms. The lowest BCUT2D eigenvalue weighted by Gasteiger charge is -2.12. The first-order chi connectivity index (χ1) is 14.9. The van der Waals surface area contributed by atoms with Crippen LogP contribution in [0.4, 0.5) is 0 Å². The summed E-state index contributed by atoms with van der Waals surface area (Å²) in [6, 6.07) is 40.1. The molecule has 0 spiro atoms. The zero-order valence-electron chi connectivity index (χ0n) is 16.4. The van der Waals surface area contributed by atoms with Gasteiger partial charge in [-0.25, -0.2) is 0 Å². The zero-order valence-corrected chi connectivity index (χ0v) is 16.4. The summed E-state index contributed by atoms with van der Waals surface area (Å²) in [6.45, 7) is 0. The Morgan fingerprint density at radius 2 is 1.03 bits per heavy atom. The van der Waals surface area contributed by atoms with Crippen LogP contribution in [0, 0.1) is 0 Å². The van der Waals surface area contributed by atoms with Gasteiger partial charge >= 0.3 is 0 Å². The lowest BCUT2D eigenvalue weighted by atomic mass is 9.92. The van der Waals surface area contributed by atoms with Gasteiger partial charge in [-0.1, -0.05) is 103 Å². The van der Waals surface area contributed by atoms with Crippen molar-refractivity contribution in [2.45, 2.75) is 0 Å². The Morgan fingerprint density at radius 3 is 1.93 bits per heavy atom. The summed E-state index contributed by atoms with van der Waals surface area (Å²) < 4.78 is 0. The second-order valence-corrected chi connectivity index (χ2v) is 8.16. The maximum atomic E-state index is 2.39. The van der Waals surface area contributed by atoms with Gasteiger partial charge in [-0.05, 0) is 71.8 Å². The van der Waals surface area contributed by atoms with Gasteiger partial charge in [-0.15, -0.1) is 0 Å². The standard InChI is InChI=1S/C30H18/c1-2-10-23-19(6-1)7-3-11-24(23)22-15-14-20-16-17-26-25-12-4-8-21-9-5-13-27(29(21)25)30(26)28(20)18-22/h1-18H. The van der Waals surface area contributed by atoms with Gasteiger partial charge in [-0.3, -0.25) is 0 Å². The van der Waals surface area contributed by atoms with Crippen LogP contribution in [0.25, 0.3) is 65.7 Å². The molecule has 0 N–H and O–H groups in total. The maximum absolute atomic E-state index is 2.39. The fraction of sp³-hybridized carbons (Fsp3) is 0. The van der Waals surface area contributed by atoms with E-state index in [9.17, 15) is 0 Å². The van der Waals surface area contributed by atoms with E-state index in [1.54, 1.807) is 0 Å². The van der Waals surface area contributed by atoms with Crippen molar-refractivity contribution in [1.29, 1.82) is 0 Å². The first kappa shape index (κ1) is 16.0. The number of fused-ring (bicyclic) bond motifs is 6. The molecular weight excluding hydrogens is 360 g/mol. The van der Waals surface area contributed by atoms with E-state index in [1.807, 2.05) is 0 Å². The van der Waals surface area contributed by atoms with E-state index in [-0.39, 0.29) is 0 Å². The van der Waals surface area contributed by atoms with Crippen LogP contribution in [0.2, 0.25) is 0 Å². The van der Waals surface area contributed by atoms with Crippen LogP contribution in [0.1, 0.15) is 0 Å². The molecule has 0 nitrogen and oxygen atoms in total. The van der Waals surface area contributed by atoms with Crippen LogP contribution in [0.3, 0.4) is 0 Å². The van der Waals surface area contributed by atoms with E-state index >= 15 is 0 Å². The molecule has 0 heterocycles. The van der Waals surface area contributed by atoms with Gasteiger partial charge in [-0.2, -0.15) is 0 Å². The molecule has 0 atom stereocenters. The molecule has 0 bridgehead atoms. The zero-order chi connectivity index (χ0) is 19.7. The van der Waals surface area contributed by atoms with Crippen molar-refractivity contribution < 1.29 is 0 Å². The van der Waals surface area contributed by atoms with Crippen LogP contribution < -0.4 is 0 Å². The molecule has 0 saturated carbocycles. The van der Waals surface area contributed by atoms with Crippen molar-refractivity contribution in [1.82, 2.24) is 0 Å². The molecular formula is C30H18. The molecule has 6 aromatic carbocycles. The minimum Gasteiger partial charge on any atom is -0.0616 e. The molecule has 6 aromatic rings. The fourth-order valence-corrected chi connectivity index (χ4v) is 5.25. The van der Waals surface area contributed by atoms with Gasteiger partial charge in [0.1, 0.15) is 0 Å². The second kappa shape index (κ2) is 5.81. The van der Waals surface area contributed by atoms with Crippen molar-refractivity contribution >= 4 is 32.3 Å². The average molecular weight is 378 g/mol. The third-order valence-electron chi connectivity index (χ3n) is 6.59. The summed E-state index contributed by atoms with van der Waals surface area (Å²) in [7, 11) is 0. The molecule has 1 aliphatic rings. The smallest absolute Gasteiger partial charge is 0.00199 e. The minimum absolute atomic E-state index is 1.27. The molecule has 30 heavy (non-hydrogen) atoms. The molecule has 0 saturated heterocycles. The highest BCUT2D eigenvalue weighted by atomic mass is 14.3. The number of hydrogen-bond acceptors (Lipinski definition) is 0. The average Bonchev–Trinajstić information content (AvgIpc) is 3.15. The molecule has 0 radical (unpaired) electrons. The molecule has 0 aliphatic heterocycles. The van der Waals surface area contributed by atoms with Gasteiger partial charge in [0.25, 0.3) is 0 Å². The van der Waals surface area contributed by atoms with E-state index in [1.165, 1.54) is 65.7 Å². The van der Waals surface area contributed by atoms with Crippen molar-refractivity contribution in [3.63, 3.8) is 0 Å². The van der Waals surface area contributed by atoms with E-state index in [4.69, 9.17) is 0 Å². The van der Waals surface area contributed by atoms with Gasteiger partial charge in [0, 0.05) is 0 Å². The highest BCUT2D eigenvalue weighted by Gasteiger charge is 2.23. The maximum Gasteiger partial charge on any atom is -0.00199 e. The summed E-state index contributed by atoms with van der Waals surface area (Å²) in [4.78, 5) is 0. The van der Waals surface area contributed by atoms with E-state index < -0.39 is 0 Å². The Kier molecular flexibility index (Phi) is 3.09. The van der Waals surface area contributed by atoms with E-state index in [0.29, 0.717) is 0 Å². The minimum atomic E-state index is 1.27. The lowest BCUT2D eigenvalue weighted by Crippen LogP contribution is -1.85. The van der Waals surface area contributed by atoms with Gasteiger partial charge in [0.05, 0.1) is 0 Å². The Hall–Kier alpha value is -3.90. The summed E-state index contributed by atoms with van der Waals surface area (Å²) in [5, 5.41) is 7.92. The van der Waals surface area contributed by atoms with E-state index in [2.05, 4.69) is 109 Å². The van der Waals surface area contributed by atoms with Gasteiger partial charge in [0.2, 0.25) is 0 Å². The third-order valence-corrected chi connectivity index (χ3v) is 6.59. The highest BCUT2D eigenvalue weighted by Crippen LogP contribution is 2.50. The normalized spacial score (nSPS) is 12.0. The molecule has 138 valence electrons. The Labute approximate surface area is 175 Å². The first-order valence-electron chi connectivity index (χ1n) is 10.5. The Morgan fingerprint density at radius 1 is 0.367 bits per heavy atom. The molecule has 1 aliphatic carbocycles. The van der Waals surface area contributed by atoms with E-state index in [0.717, 1.165) is 0 Å². The summed E-state index contributed by atoms with van der Waals surface area (Å²) >= 11 is 0. The van der Waals surface area contributed by atoms with Crippen molar-refractivity contribution in [2.75, 3.05) is 0 Å². The fourth-order valence-electron chi connectivity index (χ4n) is 5.25. The van der Waals surface area contributed by atoms with Crippen LogP contribution >= 0.6 is 0 Å². The summed E-state index contributed by atoms with van der Waals surface area (Å²) in [5.41, 5.74) is 8.01. The van der Waals surface area contributed by atoms with Crippen molar-refractivity contribution in [2.24, 2.45) is 0 Å². The second-order valence-electron chi connectivity index (χ2n) is 8.16. The Balaban J connectivity index is 1.57. The number of rotatable bonds is 1.